The van der Waals surface area contributed by atoms with E-state index >= 15 is 0 Å². The summed E-state index contributed by atoms with van der Waals surface area (Å²) in [6.45, 7) is 1.17. The Morgan fingerprint density at radius 2 is 2.08 bits per heavy atom. The standard InChI is InChI=1S/C24H28N4O8S2/c1-33-11-2-14-38(31,32)18-5-3-16(4-6-18)20(28-36-17-8-12-34-15-17)22(30)27-24-26-21-19(35-13-10-29)7-9-25-23(21)37-24/h3-7,9,17,29H,2,8,10-15H2,1H3,(H,26,27,30)/t17-/m1/s1. The normalized spacial score (nSPS) is 16.1. The Hall–Kier alpha value is -3.17. The van der Waals surface area contributed by atoms with Crippen LogP contribution in [0, 0.1) is 0 Å². The number of pyridine rings is 1. The van der Waals surface area contributed by atoms with Gasteiger partial charge in [-0.3, -0.25) is 10.1 Å². The molecule has 4 rings (SSSR count). The molecular weight excluding hydrogens is 536 g/mol. The zero-order chi connectivity index (χ0) is 27.0. The van der Waals surface area contributed by atoms with E-state index in [1.165, 1.54) is 31.4 Å². The maximum absolute atomic E-state index is 13.3. The molecule has 0 spiro atoms. The lowest BCUT2D eigenvalue weighted by atomic mass is 10.1. The number of sulfone groups is 1. The molecule has 2 N–H and O–H groups in total. The second kappa shape index (κ2) is 13.1. The number of thiazole rings is 1. The minimum Gasteiger partial charge on any atom is -0.489 e. The van der Waals surface area contributed by atoms with E-state index in [2.05, 4.69) is 20.4 Å². The molecule has 2 aromatic heterocycles. The number of rotatable bonds is 13. The van der Waals surface area contributed by atoms with E-state index in [1.54, 1.807) is 12.3 Å². The van der Waals surface area contributed by atoms with Gasteiger partial charge in [0.25, 0.3) is 5.91 Å². The van der Waals surface area contributed by atoms with Crippen LogP contribution in [-0.2, 0) is 28.9 Å². The molecule has 0 aliphatic carbocycles. The highest BCUT2D eigenvalue weighted by Gasteiger charge is 2.23. The minimum absolute atomic E-state index is 0.0517. The van der Waals surface area contributed by atoms with Gasteiger partial charge in [0.1, 0.15) is 22.7 Å². The van der Waals surface area contributed by atoms with Crippen molar-refractivity contribution in [3.63, 3.8) is 0 Å². The van der Waals surface area contributed by atoms with Crippen LogP contribution in [0.15, 0.2) is 46.6 Å². The number of carbonyl (C=O) groups excluding carboxylic acids is 1. The number of aromatic nitrogens is 2. The molecule has 0 saturated carbocycles. The predicted octanol–water partition coefficient (Wildman–Crippen LogP) is 2.02. The van der Waals surface area contributed by atoms with Crippen LogP contribution in [0.1, 0.15) is 18.4 Å². The summed E-state index contributed by atoms with van der Waals surface area (Å²) >= 11 is 1.14. The highest BCUT2D eigenvalue weighted by atomic mass is 32.2. The third-order valence-electron chi connectivity index (χ3n) is 5.47. The average molecular weight is 565 g/mol. The van der Waals surface area contributed by atoms with E-state index in [0.29, 0.717) is 54.3 Å². The van der Waals surface area contributed by atoms with Gasteiger partial charge in [0.05, 0.1) is 30.5 Å². The first-order valence-electron chi connectivity index (χ1n) is 11.9. The van der Waals surface area contributed by atoms with E-state index in [9.17, 15) is 13.2 Å². The van der Waals surface area contributed by atoms with Crippen LogP contribution >= 0.6 is 11.3 Å². The van der Waals surface area contributed by atoms with Gasteiger partial charge in [0.15, 0.2) is 26.8 Å². The molecule has 1 fully saturated rings. The Bertz CT molecular complexity index is 1370. The van der Waals surface area contributed by atoms with Crippen molar-refractivity contribution in [1.82, 2.24) is 9.97 Å². The molecule has 0 bridgehead atoms. The molecule has 1 amide bonds. The van der Waals surface area contributed by atoms with Crippen LogP contribution in [0.2, 0.25) is 0 Å². The number of methoxy groups -OCH3 is 1. The summed E-state index contributed by atoms with van der Waals surface area (Å²) in [5.41, 5.74) is 0.759. The Labute approximate surface area is 223 Å². The summed E-state index contributed by atoms with van der Waals surface area (Å²) < 4.78 is 40.9. The van der Waals surface area contributed by atoms with Crippen LogP contribution < -0.4 is 10.1 Å². The number of carbonyl (C=O) groups is 1. The fraction of sp³-hybridized carbons (Fsp3) is 0.417. The maximum atomic E-state index is 13.3. The highest BCUT2D eigenvalue weighted by molar-refractivity contribution is 7.91. The zero-order valence-corrected chi connectivity index (χ0v) is 22.3. The molecule has 1 aromatic carbocycles. The van der Waals surface area contributed by atoms with Gasteiger partial charge in [-0.25, -0.2) is 18.4 Å². The van der Waals surface area contributed by atoms with Gasteiger partial charge >= 0.3 is 0 Å². The van der Waals surface area contributed by atoms with Crippen LogP contribution in [0.25, 0.3) is 10.3 Å². The highest BCUT2D eigenvalue weighted by Crippen LogP contribution is 2.30. The van der Waals surface area contributed by atoms with Crippen molar-refractivity contribution in [3.05, 3.63) is 42.1 Å². The van der Waals surface area contributed by atoms with E-state index < -0.39 is 15.7 Å². The number of hydrogen-bond acceptors (Lipinski definition) is 12. The monoisotopic (exact) mass is 564 g/mol. The molecule has 3 aromatic rings. The van der Waals surface area contributed by atoms with E-state index in [-0.39, 0.29) is 40.8 Å². The van der Waals surface area contributed by atoms with Gasteiger partial charge < -0.3 is 24.2 Å². The predicted molar refractivity (Wildman–Crippen MR) is 140 cm³/mol. The fourth-order valence-electron chi connectivity index (χ4n) is 3.57. The quantitative estimate of drug-likeness (QED) is 0.179. The number of oxime groups is 1. The van der Waals surface area contributed by atoms with Crippen molar-refractivity contribution in [2.75, 3.05) is 51.2 Å². The number of hydrogen-bond donors (Lipinski definition) is 2. The molecule has 14 heteroatoms. The molecule has 1 saturated heterocycles. The summed E-state index contributed by atoms with van der Waals surface area (Å²) in [6.07, 6.45) is 2.26. The van der Waals surface area contributed by atoms with Crippen LogP contribution in [0.4, 0.5) is 5.13 Å². The molecule has 1 atom stereocenters. The Balaban J connectivity index is 1.57. The van der Waals surface area contributed by atoms with Gasteiger partial charge in [0.2, 0.25) is 0 Å². The van der Waals surface area contributed by atoms with Gasteiger partial charge in [0, 0.05) is 38.0 Å². The van der Waals surface area contributed by atoms with Crippen molar-refractivity contribution in [2.45, 2.75) is 23.8 Å². The molecule has 3 heterocycles. The lowest BCUT2D eigenvalue weighted by Gasteiger charge is -2.10. The number of nitrogens with one attached hydrogen (secondary N) is 1. The first kappa shape index (κ1) is 27.9. The number of aliphatic hydroxyl groups is 1. The number of ether oxygens (including phenoxy) is 3. The lowest BCUT2D eigenvalue weighted by Crippen LogP contribution is -2.25. The third-order valence-corrected chi connectivity index (χ3v) is 8.17. The molecule has 1 aliphatic heterocycles. The zero-order valence-electron chi connectivity index (χ0n) is 20.7. The smallest absolute Gasteiger partial charge is 0.280 e. The SMILES string of the molecule is COCCCS(=O)(=O)c1ccc(C(=NO[C@@H]2CCOC2)C(=O)Nc2nc3c(OCCO)ccnc3s2)cc1. The van der Waals surface area contributed by atoms with E-state index in [4.69, 9.17) is 24.2 Å². The number of benzene rings is 1. The second-order valence-electron chi connectivity index (χ2n) is 8.23. The maximum Gasteiger partial charge on any atom is 0.280 e. The van der Waals surface area contributed by atoms with E-state index in [1.807, 2.05) is 0 Å². The summed E-state index contributed by atoms with van der Waals surface area (Å²) in [5.74, 6) is -0.222. The summed E-state index contributed by atoms with van der Waals surface area (Å²) in [6, 6.07) is 7.52. The Morgan fingerprint density at radius 1 is 1.26 bits per heavy atom. The van der Waals surface area contributed by atoms with Crippen molar-refractivity contribution >= 4 is 48.3 Å². The van der Waals surface area contributed by atoms with Gasteiger partial charge in [-0.1, -0.05) is 28.6 Å². The first-order valence-corrected chi connectivity index (χ1v) is 14.3. The molecule has 1 aliphatic rings. The molecule has 12 nitrogen and oxygen atoms in total. The number of anilines is 1. The second-order valence-corrected chi connectivity index (χ2v) is 11.3. The Kier molecular flexibility index (Phi) is 9.58. The molecule has 38 heavy (non-hydrogen) atoms. The van der Waals surface area contributed by atoms with Gasteiger partial charge in [-0.15, -0.1) is 0 Å². The topological polar surface area (TPSA) is 159 Å². The van der Waals surface area contributed by atoms with Crippen molar-refractivity contribution in [2.24, 2.45) is 5.16 Å². The van der Waals surface area contributed by atoms with Crippen molar-refractivity contribution < 1.29 is 37.4 Å². The number of aliphatic hydroxyl groups excluding tert-OH is 1. The first-order chi connectivity index (χ1) is 18.4. The van der Waals surface area contributed by atoms with Crippen LogP contribution in [0.3, 0.4) is 0 Å². The number of fused-ring (bicyclic) bond motifs is 1. The van der Waals surface area contributed by atoms with Crippen LogP contribution in [-0.4, -0.2) is 87.1 Å². The average Bonchev–Trinajstić information content (AvgIpc) is 3.58. The fourth-order valence-corrected chi connectivity index (χ4v) is 5.68. The number of amides is 1. The lowest BCUT2D eigenvalue weighted by molar-refractivity contribution is -0.110. The van der Waals surface area contributed by atoms with Gasteiger partial charge in [-0.05, 0) is 18.6 Å². The molecule has 0 unspecified atom stereocenters. The van der Waals surface area contributed by atoms with Crippen molar-refractivity contribution in [3.8, 4) is 5.75 Å². The number of nitrogens with zero attached hydrogens (tertiary/aromatic N) is 3. The van der Waals surface area contributed by atoms with Crippen molar-refractivity contribution in [1.29, 1.82) is 0 Å². The molecule has 204 valence electrons. The summed E-state index contributed by atoms with van der Waals surface area (Å²) in [5, 5.41) is 16.1. The third kappa shape index (κ3) is 7.02. The Morgan fingerprint density at radius 3 is 2.79 bits per heavy atom. The largest absolute Gasteiger partial charge is 0.489 e. The molecule has 0 radical (unpaired) electrons. The van der Waals surface area contributed by atoms with E-state index in [0.717, 1.165) is 11.3 Å². The summed E-state index contributed by atoms with van der Waals surface area (Å²) in [7, 11) is -1.99. The summed E-state index contributed by atoms with van der Waals surface area (Å²) in [4.78, 5) is 28.2. The molecular formula is C24H28N4O8S2. The van der Waals surface area contributed by atoms with Crippen LogP contribution in [0.5, 0.6) is 5.75 Å². The minimum atomic E-state index is -3.51. The van der Waals surface area contributed by atoms with Gasteiger partial charge in [-0.2, -0.15) is 0 Å².